The van der Waals surface area contributed by atoms with E-state index in [1.807, 2.05) is 30.5 Å². The van der Waals surface area contributed by atoms with Crippen molar-refractivity contribution in [1.82, 2.24) is 24.5 Å². The lowest BCUT2D eigenvalue weighted by Crippen LogP contribution is -2.12. The summed E-state index contributed by atoms with van der Waals surface area (Å²) in [5, 5.41) is 24.0. The molecule has 1 unspecified atom stereocenters. The van der Waals surface area contributed by atoms with Gasteiger partial charge in [0.05, 0.1) is 10.8 Å². The Balaban J connectivity index is 1.68. The third-order valence-electron chi connectivity index (χ3n) is 4.23. The maximum absolute atomic E-state index is 10.8. The normalized spacial score (nSPS) is 12.1. The third kappa shape index (κ3) is 4.50. The standard InChI is InChI=1S/C18H22N6O3S/c1-4-14-6-8-16(9-7-14)27-13(3)17-20-21-18(23(17)5-2)28-12-22-11-15(10-19-22)24(25)26/h6-11,13H,4-5,12H2,1-3H3. The van der Waals surface area contributed by atoms with Crippen LogP contribution in [0.4, 0.5) is 5.69 Å². The van der Waals surface area contributed by atoms with Crippen molar-refractivity contribution in [3.63, 3.8) is 0 Å². The molecule has 0 N–H and O–H groups in total. The van der Waals surface area contributed by atoms with Crippen molar-refractivity contribution in [3.05, 3.63) is 58.2 Å². The summed E-state index contributed by atoms with van der Waals surface area (Å²) < 4.78 is 9.51. The van der Waals surface area contributed by atoms with Crippen LogP contribution in [0.25, 0.3) is 0 Å². The summed E-state index contributed by atoms with van der Waals surface area (Å²) >= 11 is 1.41. The number of aryl methyl sites for hydroxylation is 1. The SMILES string of the molecule is CCc1ccc(OC(C)c2nnc(SCn3cc([N+](=O)[O-])cn3)n2CC)cc1. The summed E-state index contributed by atoms with van der Waals surface area (Å²) in [5.74, 6) is 1.92. The number of aromatic nitrogens is 5. The monoisotopic (exact) mass is 402 g/mol. The van der Waals surface area contributed by atoms with E-state index in [0.717, 1.165) is 18.0 Å². The Labute approximate surface area is 166 Å². The van der Waals surface area contributed by atoms with E-state index in [1.165, 1.54) is 34.4 Å². The van der Waals surface area contributed by atoms with Gasteiger partial charge < -0.3 is 9.30 Å². The first kappa shape index (κ1) is 19.9. The van der Waals surface area contributed by atoms with Gasteiger partial charge in [-0.2, -0.15) is 5.10 Å². The van der Waals surface area contributed by atoms with E-state index >= 15 is 0 Å². The number of ether oxygens (including phenoxy) is 1. The zero-order valence-corrected chi connectivity index (χ0v) is 16.8. The topological polar surface area (TPSA) is 101 Å². The number of hydrogen-bond acceptors (Lipinski definition) is 7. The second kappa shape index (κ2) is 8.87. The molecule has 3 aromatic rings. The first-order chi connectivity index (χ1) is 13.5. The molecule has 0 spiro atoms. The van der Waals surface area contributed by atoms with Crippen molar-refractivity contribution in [2.45, 2.75) is 50.9 Å². The molecule has 2 aromatic heterocycles. The molecule has 0 amide bonds. The third-order valence-corrected chi connectivity index (χ3v) is 5.18. The molecule has 0 saturated heterocycles. The zero-order valence-electron chi connectivity index (χ0n) is 16.0. The molecule has 28 heavy (non-hydrogen) atoms. The fraction of sp³-hybridized carbons (Fsp3) is 0.389. The minimum atomic E-state index is -0.465. The fourth-order valence-electron chi connectivity index (χ4n) is 2.71. The molecular weight excluding hydrogens is 380 g/mol. The first-order valence-corrected chi connectivity index (χ1v) is 9.98. The van der Waals surface area contributed by atoms with Crippen LogP contribution in [0.2, 0.25) is 0 Å². The van der Waals surface area contributed by atoms with Crippen LogP contribution in [-0.2, 0) is 18.8 Å². The number of nitro groups is 1. The maximum Gasteiger partial charge on any atom is 0.307 e. The van der Waals surface area contributed by atoms with Gasteiger partial charge in [0.1, 0.15) is 18.1 Å². The van der Waals surface area contributed by atoms with E-state index in [4.69, 9.17) is 4.74 Å². The van der Waals surface area contributed by atoms with Crippen LogP contribution < -0.4 is 4.74 Å². The maximum atomic E-state index is 10.8. The summed E-state index contributed by atoms with van der Waals surface area (Å²) in [4.78, 5) is 10.3. The van der Waals surface area contributed by atoms with Crippen molar-refractivity contribution < 1.29 is 9.66 Å². The largest absolute Gasteiger partial charge is 0.483 e. The van der Waals surface area contributed by atoms with Crippen molar-refractivity contribution >= 4 is 17.4 Å². The highest BCUT2D eigenvalue weighted by molar-refractivity contribution is 7.98. The molecule has 2 heterocycles. The zero-order chi connectivity index (χ0) is 20.1. The summed E-state index contributed by atoms with van der Waals surface area (Å²) in [6.45, 7) is 6.75. The molecule has 0 fully saturated rings. The van der Waals surface area contributed by atoms with Gasteiger partial charge in [0, 0.05) is 6.54 Å². The van der Waals surface area contributed by atoms with Crippen LogP contribution in [0.15, 0.2) is 41.8 Å². The number of benzene rings is 1. The second-order valence-electron chi connectivity index (χ2n) is 6.11. The molecule has 0 aliphatic heterocycles. The number of hydrogen-bond donors (Lipinski definition) is 0. The van der Waals surface area contributed by atoms with Gasteiger partial charge in [-0.1, -0.05) is 30.8 Å². The lowest BCUT2D eigenvalue weighted by Gasteiger charge is -2.15. The Bertz CT molecular complexity index is 937. The van der Waals surface area contributed by atoms with Gasteiger partial charge in [-0.3, -0.25) is 14.8 Å². The Kier molecular flexibility index (Phi) is 6.30. The van der Waals surface area contributed by atoms with Crippen LogP contribution in [0.5, 0.6) is 5.75 Å². The van der Waals surface area contributed by atoms with Gasteiger partial charge in [-0.15, -0.1) is 10.2 Å². The number of rotatable bonds is 9. The van der Waals surface area contributed by atoms with E-state index in [1.54, 1.807) is 0 Å². The second-order valence-corrected chi connectivity index (χ2v) is 7.02. The molecular formula is C18H22N6O3S. The van der Waals surface area contributed by atoms with Crippen LogP contribution in [0.3, 0.4) is 0 Å². The molecule has 10 heteroatoms. The van der Waals surface area contributed by atoms with E-state index in [9.17, 15) is 10.1 Å². The minimum Gasteiger partial charge on any atom is -0.483 e. The number of nitrogens with zero attached hydrogens (tertiary/aromatic N) is 6. The van der Waals surface area contributed by atoms with E-state index in [-0.39, 0.29) is 11.8 Å². The van der Waals surface area contributed by atoms with Crippen molar-refractivity contribution in [3.8, 4) is 5.75 Å². The lowest BCUT2D eigenvalue weighted by molar-refractivity contribution is -0.385. The average Bonchev–Trinajstić information content (AvgIpc) is 3.33. The van der Waals surface area contributed by atoms with Gasteiger partial charge in [0.15, 0.2) is 17.1 Å². The summed E-state index contributed by atoms with van der Waals surface area (Å²) in [6, 6.07) is 8.03. The summed E-state index contributed by atoms with van der Waals surface area (Å²) in [5.41, 5.74) is 1.23. The molecule has 0 aliphatic rings. The Morgan fingerprint density at radius 1 is 1.25 bits per heavy atom. The lowest BCUT2D eigenvalue weighted by atomic mass is 10.2. The molecule has 3 rings (SSSR count). The van der Waals surface area contributed by atoms with Gasteiger partial charge >= 0.3 is 5.69 Å². The Morgan fingerprint density at radius 2 is 2.00 bits per heavy atom. The average molecular weight is 402 g/mol. The van der Waals surface area contributed by atoms with Crippen molar-refractivity contribution in [2.24, 2.45) is 0 Å². The molecule has 1 atom stereocenters. The molecule has 9 nitrogen and oxygen atoms in total. The quantitative estimate of drug-likeness (QED) is 0.304. The number of thioether (sulfide) groups is 1. The van der Waals surface area contributed by atoms with Crippen molar-refractivity contribution in [1.29, 1.82) is 0 Å². The highest BCUT2D eigenvalue weighted by atomic mass is 32.2. The molecule has 0 radical (unpaired) electrons. The molecule has 0 aliphatic carbocycles. The van der Waals surface area contributed by atoms with Gasteiger partial charge in [0.25, 0.3) is 0 Å². The molecule has 1 aromatic carbocycles. The van der Waals surface area contributed by atoms with Crippen LogP contribution in [-0.4, -0.2) is 29.5 Å². The van der Waals surface area contributed by atoms with Crippen LogP contribution >= 0.6 is 11.8 Å². The minimum absolute atomic E-state index is 0.0330. The van der Waals surface area contributed by atoms with Crippen molar-refractivity contribution in [2.75, 3.05) is 0 Å². The highest BCUT2D eigenvalue weighted by Gasteiger charge is 2.19. The fourth-order valence-corrected chi connectivity index (χ4v) is 3.57. The van der Waals surface area contributed by atoms with E-state index in [0.29, 0.717) is 17.6 Å². The van der Waals surface area contributed by atoms with Crippen LogP contribution in [0.1, 0.15) is 38.3 Å². The van der Waals surface area contributed by atoms with Gasteiger partial charge in [0.2, 0.25) is 0 Å². The molecule has 148 valence electrons. The molecule has 0 bridgehead atoms. The predicted octanol–water partition coefficient (Wildman–Crippen LogP) is 3.85. The Morgan fingerprint density at radius 3 is 2.61 bits per heavy atom. The van der Waals surface area contributed by atoms with Gasteiger partial charge in [-0.25, -0.2) is 0 Å². The molecule has 0 saturated carbocycles. The predicted molar refractivity (Wildman–Crippen MR) is 105 cm³/mol. The smallest absolute Gasteiger partial charge is 0.307 e. The van der Waals surface area contributed by atoms with E-state index in [2.05, 4.69) is 34.4 Å². The summed E-state index contributed by atoms with van der Waals surface area (Å²) in [6.07, 6.45) is 3.35. The summed E-state index contributed by atoms with van der Waals surface area (Å²) in [7, 11) is 0. The highest BCUT2D eigenvalue weighted by Crippen LogP contribution is 2.26. The van der Waals surface area contributed by atoms with Crippen LogP contribution in [0, 0.1) is 10.1 Å². The van der Waals surface area contributed by atoms with E-state index < -0.39 is 4.92 Å². The Hall–Kier alpha value is -2.88. The first-order valence-electron chi connectivity index (χ1n) is 9.00. The van der Waals surface area contributed by atoms with Gasteiger partial charge in [-0.05, 0) is 38.0 Å².